The molecular weight excluding hydrogens is 350 g/mol. The summed E-state index contributed by atoms with van der Waals surface area (Å²) < 4.78 is 28.5. The first-order valence-electron chi connectivity index (χ1n) is 7.08. The van der Waals surface area contributed by atoms with Gasteiger partial charge in [0.05, 0.1) is 0 Å². The van der Waals surface area contributed by atoms with E-state index < -0.39 is 10.0 Å². The SMILES string of the molecule is Cc1c(S(=O)(=O)N(C)Cc2ccccc2)sc2ccc(Cl)cc12. The van der Waals surface area contributed by atoms with Gasteiger partial charge in [-0.2, -0.15) is 4.31 Å². The molecule has 0 bridgehead atoms. The van der Waals surface area contributed by atoms with E-state index >= 15 is 0 Å². The van der Waals surface area contributed by atoms with Gasteiger partial charge in [0.15, 0.2) is 0 Å². The van der Waals surface area contributed by atoms with Crippen molar-refractivity contribution in [2.24, 2.45) is 0 Å². The average molecular weight is 366 g/mol. The molecule has 0 fully saturated rings. The number of aryl methyl sites for hydroxylation is 1. The minimum atomic E-state index is -3.53. The van der Waals surface area contributed by atoms with Crippen molar-refractivity contribution in [1.82, 2.24) is 4.31 Å². The van der Waals surface area contributed by atoms with Crippen molar-refractivity contribution in [2.45, 2.75) is 17.7 Å². The lowest BCUT2D eigenvalue weighted by atomic mass is 10.2. The summed E-state index contributed by atoms with van der Waals surface area (Å²) >= 11 is 7.32. The van der Waals surface area contributed by atoms with E-state index in [4.69, 9.17) is 11.6 Å². The largest absolute Gasteiger partial charge is 0.252 e. The van der Waals surface area contributed by atoms with Crippen molar-refractivity contribution < 1.29 is 8.42 Å². The van der Waals surface area contributed by atoms with Crippen LogP contribution in [0.1, 0.15) is 11.1 Å². The molecule has 0 aliphatic heterocycles. The first kappa shape index (κ1) is 16.5. The Kier molecular flexibility index (Phi) is 4.47. The number of sulfonamides is 1. The fraction of sp³-hybridized carbons (Fsp3) is 0.176. The second-order valence-corrected chi connectivity index (χ2v) is 9.13. The van der Waals surface area contributed by atoms with Gasteiger partial charge in [-0.1, -0.05) is 41.9 Å². The second kappa shape index (κ2) is 6.24. The number of rotatable bonds is 4. The lowest BCUT2D eigenvalue weighted by molar-refractivity contribution is 0.468. The van der Waals surface area contributed by atoms with Crippen LogP contribution in [0.15, 0.2) is 52.7 Å². The van der Waals surface area contributed by atoms with E-state index in [-0.39, 0.29) is 0 Å². The number of thiophene rings is 1. The smallest absolute Gasteiger partial charge is 0.206 e. The maximum absolute atomic E-state index is 12.9. The lowest BCUT2D eigenvalue weighted by Crippen LogP contribution is -2.26. The van der Waals surface area contributed by atoms with Gasteiger partial charge in [0.25, 0.3) is 10.0 Å². The van der Waals surface area contributed by atoms with Crippen LogP contribution in [0.5, 0.6) is 0 Å². The molecule has 1 aromatic heterocycles. The molecule has 0 saturated heterocycles. The fourth-order valence-corrected chi connectivity index (χ4v) is 5.75. The molecule has 120 valence electrons. The van der Waals surface area contributed by atoms with Gasteiger partial charge in [0.2, 0.25) is 0 Å². The van der Waals surface area contributed by atoms with Crippen LogP contribution in [0.4, 0.5) is 0 Å². The lowest BCUT2D eigenvalue weighted by Gasteiger charge is -2.16. The van der Waals surface area contributed by atoms with Gasteiger partial charge in [0.1, 0.15) is 4.21 Å². The highest BCUT2D eigenvalue weighted by molar-refractivity contribution is 7.91. The normalized spacial score (nSPS) is 12.2. The quantitative estimate of drug-likeness (QED) is 0.673. The van der Waals surface area contributed by atoms with Crippen molar-refractivity contribution in [1.29, 1.82) is 0 Å². The Bertz CT molecular complexity index is 949. The van der Waals surface area contributed by atoms with E-state index in [2.05, 4.69) is 0 Å². The summed E-state index contributed by atoms with van der Waals surface area (Å²) in [5.74, 6) is 0. The summed E-state index contributed by atoms with van der Waals surface area (Å²) in [6.07, 6.45) is 0. The molecule has 1 heterocycles. The molecule has 2 aromatic carbocycles. The second-order valence-electron chi connectivity index (χ2n) is 5.40. The number of fused-ring (bicyclic) bond motifs is 1. The van der Waals surface area contributed by atoms with Crippen LogP contribution in [0.25, 0.3) is 10.1 Å². The van der Waals surface area contributed by atoms with Gasteiger partial charge in [-0.3, -0.25) is 0 Å². The van der Waals surface area contributed by atoms with E-state index in [1.54, 1.807) is 13.1 Å². The van der Waals surface area contributed by atoms with E-state index in [1.165, 1.54) is 15.6 Å². The zero-order valence-electron chi connectivity index (χ0n) is 12.8. The maximum Gasteiger partial charge on any atom is 0.252 e. The standard InChI is InChI=1S/C17H16ClNO2S2/c1-12-15-10-14(18)8-9-16(15)22-17(12)23(20,21)19(2)11-13-6-4-3-5-7-13/h3-10H,11H2,1-2H3. The molecule has 3 aromatic rings. The molecule has 23 heavy (non-hydrogen) atoms. The highest BCUT2D eigenvalue weighted by Gasteiger charge is 2.26. The minimum Gasteiger partial charge on any atom is -0.206 e. The highest BCUT2D eigenvalue weighted by Crippen LogP contribution is 2.36. The predicted molar refractivity (Wildman–Crippen MR) is 96.7 cm³/mol. The van der Waals surface area contributed by atoms with Crippen molar-refractivity contribution in [3.8, 4) is 0 Å². The van der Waals surface area contributed by atoms with Gasteiger partial charge in [-0.25, -0.2) is 8.42 Å². The number of halogens is 1. The molecule has 3 nitrogen and oxygen atoms in total. The number of nitrogens with zero attached hydrogens (tertiary/aromatic N) is 1. The molecule has 0 N–H and O–H groups in total. The summed E-state index contributed by atoms with van der Waals surface area (Å²) in [7, 11) is -1.92. The summed E-state index contributed by atoms with van der Waals surface area (Å²) in [6, 6.07) is 15.0. The van der Waals surface area contributed by atoms with Crippen LogP contribution >= 0.6 is 22.9 Å². The Morgan fingerprint density at radius 3 is 2.52 bits per heavy atom. The van der Waals surface area contributed by atoms with Crippen LogP contribution in [-0.2, 0) is 16.6 Å². The summed E-state index contributed by atoms with van der Waals surface area (Å²) in [6.45, 7) is 2.18. The molecule has 0 aliphatic carbocycles. The van der Waals surface area contributed by atoms with Crippen molar-refractivity contribution >= 4 is 43.0 Å². The fourth-order valence-electron chi connectivity index (χ4n) is 2.48. The zero-order valence-corrected chi connectivity index (χ0v) is 15.2. The zero-order chi connectivity index (χ0) is 16.6. The topological polar surface area (TPSA) is 37.4 Å². The Morgan fingerprint density at radius 2 is 1.83 bits per heavy atom. The van der Waals surface area contributed by atoms with Crippen molar-refractivity contribution in [3.05, 3.63) is 64.7 Å². The van der Waals surface area contributed by atoms with Crippen molar-refractivity contribution in [2.75, 3.05) is 7.05 Å². The molecule has 6 heteroatoms. The van der Waals surface area contributed by atoms with Crippen molar-refractivity contribution in [3.63, 3.8) is 0 Å². The molecular formula is C17H16ClNO2S2. The Balaban J connectivity index is 2.01. The van der Waals surface area contributed by atoms with Gasteiger partial charge in [-0.05, 0) is 41.6 Å². The van der Waals surface area contributed by atoms with Gasteiger partial charge >= 0.3 is 0 Å². The monoisotopic (exact) mass is 365 g/mol. The van der Waals surface area contributed by atoms with Crippen LogP contribution in [0, 0.1) is 6.92 Å². The number of hydrogen-bond acceptors (Lipinski definition) is 3. The molecule has 3 rings (SSSR count). The third-order valence-electron chi connectivity index (χ3n) is 3.75. The molecule has 0 amide bonds. The Morgan fingerprint density at radius 1 is 1.13 bits per heavy atom. The van der Waals surface area contributed by atoms with Gasteiger partial charge in [0, 0.05) is 23.3 Å². The van der Waals surface area contributed by atoms with Crippen LogP contribution in [0.2, 0.25) is 5.02 Å². The Labute approximate surface area is 145 Å². The number of hydrogen-bond donors (Lipinski definition) is 0. The average Bonchev–Trinajstić information content (AvgIpc) is 2.86. The molecule has 0 aliphatic rings. The third-order valence-corrected chi connectivity index (χ3v) is 7.66. The van der Waals surface area contributed by atoms with Crippen LogP contribution in [-0.4, -0.2) is 19.8 Å². The molecule has 0 unspecified atom stereocenters. The summed E-state index contributed by atoms with van der Waals surface area (Å²) in [4.78, 5) is 0. The maximum atomic E-state index is 12.9. The van der Waals surface area contributed by atoms with Crippen LogP contribution < -0.4 is 0 Å². The highest BCUT2D eigenvalue weighted by atomic mass is 35.5. The third kappa shape index (κ3) is 3.15. The van der Waals surface area contributed by atoms with E-state index in [1.807, 2.05) is 49.4 Å². The molecule has 0 radical (unpaired) electrons. The van der Waals surface area contributed by atoms with Gasteiger partial charge < -0.3 is 0 Å². The minimum absolute atomic E-state index is 0.345. The van der Waals surface area contributed by atoms with E-state index in [9.17, 15) is 8.42 Å². The first-order valence-corrected chi connectivity index (χ1v) is 9.72. The summed E-state index contributed by atoms with van der Waals surface area (Å²) in [5.41, 5.74) is 1.72. The first-order chi connectivity index (χ1) is 10.9. The molecule has 0 saturated carbocycles. The molecule has 0 spiro atoms. The molecule has 0 atom stereocenters. The number of benzene rings is 2. The van der Waals surface area contributed by atoms with E-state index in [0.29, 0.717) is 15.8 Å². The summed E-state index contributed by atoms with van der Waals surface area (Å²) in [5, 5.41) is 1.51. The predicted octanol–water partition coefficient (Wildman–Crippen LogP) is 4.68. The van der Waals surface area contributed by atoms with Crippen LogP contribution in [0.3, 0.4) is 0 Å². The van der Waals surface area contributed by atoms with E-state index in [0.717, 1.165) is 21.2 Å². The Hall–Kier alpha value is -1.40. The van der Waals surface area contributed by atoms with Gasteiger partial charge in [-0.15, -0.1) is 11.3 Å².